The van der Waals surface area contributed by atoms with Crippen LogP contribution in [0.5, 0.6) is 5.75 Å². The molecule has 3 aromatic rings. The van der Waals surface area contributed by atoms with Crippen LogP contribution in [0, 0.1) is 5.92 Å². The molecular weight excluding hydrogens is 538 g/mol. The van der Waals surface area contributed by atoms with Gasteiger partial charge in [0.1, 0.15) is 12.4 Å². The fraction of sp³-hybridized carbons (Fsp3) is 0.312. The van der Waals surface area contributed by atoms with E-state index in [9.17, 15) is 24.3 Å². The number of methoxy groups -OCH3 is 1. The van der Waals surface area contributed by atoms with Crippen LogP contribution in [0.25, 0.3) is 0 Å². The SMILES string of the molecule is COc1ccc(CCC[C@H](CC(=O)O)C(=O)NCC(=O)NCCc2ccc(NC(=O)OCc3ccccc3)cc2)cc1. The molecule has 42 heavy (non-hydrogen) atoms. The van der Waals surface area contributed by atoms with Gasteiger partial charge in [0, 0.05) is 18.2 Å². The summed E-state index contributed by atoms with van der Waals surface area (Å²) in [6.07, 6.45) is 1.41. The van der Waals surface area contributed by atoms with E-state index in [4.69, 9.17) is 9.47 Å². The Labute approximate surface area is 245 Å². The van der Waals surface area contributed by atoms with E-state index in [0.717, 1.165) is 22.4 Å². The highest BCUT2D eigenvalue weighted by Gasteiger charge is 2.22. The van der Waals surface area contributed by atoms with E-state index < -0.39 is 23.9 Å². The quantitative estimate of drug-likeness (QED) is 0.199. The average molecular weight is 576 g/mol. The molecule has 0 unspecified atom stereocenters. The minimum Gasteiger partial charge on any atom is -0.497 e. The maximum absolute atomic E-state index is 12.6. The molecule has 1 atom stereocenters. The van der Waals surface area contributed by atoms with Crippen molar-refractivity contribution in [1.82, 2.24) is 10.6 Å². The van der Waals surface area contributed by atoms with Crippen LogP contribution in [0.3, 0.4) is 0 Å². The minimum atomic E-state index is -1.06. The summed E-state index contributed by atoms with van der Waals surface area (Å²) in [4.78, 5) is 48.2. The highest BCUT2D eigenvalue weighted by Crippen LogP contribution is 2.17. The number of aliphatic carboxylic acids is 1. The lowest BCUT2D eigenvalue weighted by atomic mass is 9.95. The third-order valence-electron chi connectivity index (χ3n) is 6.54. The van der Waals surface area contributed by atoms with Crippen LogP contribution >= 0.6 is 0 Å². The second kappa shape index (κ2) is 17.1. The van der Waals surface area contributed by atoms with Gasteiger partial charge in [0.15, 0.2) is 0 Å². The van der Waals surface area contributed by atoms with E-state index in [1.807, 2.05) is 66.7 Å². The normalized spacial score (nSPS) is 11.2. The second-order valence-electron chi connectivity index (χ2n) is 9.74. The van der Waals surface area contributed by atoms with Gasteiger partial charge >= 0.3 is 12.1 Å². The lowest BCUT2D eigenvalue weighted by Gasteiger charge is -2.15. The molecule has 0 aliphatic rings. The number of carbonyl (C=O) groups excluding carboxylic acids is 3. The van der Waals surface area contributed by atoms with Gasteiger partial charge in [-0.1, -0.05) is 54.6 Å². The highest BCUT2D eigenvalue weighted by atomic mass is 16.5. The largest absolute Gasteiger partial charge is 0.497 e. The summed E-state index contributed by atoms with van der Waals surface area (Å²) in [5.41, 5.74) is 3.49. The number of hydrogen-bond donors (Lipinski definition) is 4. The summed E-state index contributed by atoms with van der Waals surface area (Å²) >= 11 is 0. The first kappa shape index (κ1) is 31.7. The zero-order valence-electron chi connectivity index (χ0n) is 23.6. The molecule has 3 rings (SSSR count). The Morgan fingerprint density at radius 3 is 2.14 bits per heavy atom. The van der Waals surface area contributed by atoms with Gasteiger partial charge in [-0.3, -0.25) is 19.7 Å². The van der Waals surface area contributed by atoms with Crippen molar-refractivity contribution in [2.75, 3.05) is 25.5 Å². The Hall–Kier alpha value is -4.86. The lowest BCUT2D eigenvalue weighted by Crippen LogP contribution is -2.40. The standard InChI is InChI=1S/C32H37N3O7/c1-41-28-16-12-23(13-17-28)8-5-9-26(20-30(37)38)31(39)34-21-29(36)33-19-18-24-10-14-27(15-11-24)35-32(40)42-22-25-6-3-2-4-7-25/h2-4,6-7,10-17,26H,5,8-9,18-22H2,1H3,(H,33,36)(H,34,39)(H,35,40)(H,37,38)/t26-/m1/s1. The zero-order chi connectivity index (χ0) is 30.2. The highest BCUT2D eigenvalue weighted by molar-refractivity contribution is 5.87. The van der Waals surface area contributed by atoms with E-state index in [-0.39, 0.29) is 25.5 Å². The monoisotopic (exact) mass is 575 g/mol. The van der Waals surface area contributed by atoms with Crippen molar-refractivity contribution >= 4 is 29.6 Å². The number of aryl methyl sites for hydroxylation is 1. The predicted octanol–water partition coefficient (Wildman–Crippen LogP) is 4.33. The van der Waals surface area contributed by atoms with E-state index in [2.05, 4.69) is 16.0 Å². The molecule has 0 saturated heterocycles. The van der Waals surface area contributed by atoms with E-state index in [1.165, 1.54) is 0 Å². The van der Waals surface area contributed by atoms with Gasteiger partial charge in [0.25, 0.3) is 0 Å². The molecule has 10 nitrogen and oxygen atoms in total. The van der Waals surface area contributed by atoms with Crippen LogP contribution in [-0.2, 0) is 38.6 Å². The Bertz CT molecular complexity index is 1300. The predicted molar refractivity (Wildman–Crippen MR) is 158 cm³/mol. The van der Waals surface area contributed by atoms with Crippen molar-refractivity contribution in [2.45, 2.75) is 38.7 Å². The first-order chi connectivity index (χ1) is 20.3. The van der Waals surface area contributed by atoms with E-state index in [0.29, 0.717) is 37.9 Å². The number of anilines is 1. The number of hydrogen-bond acceptors (Lipinski definition) is 6. The number of carbonyl (C=O) groups is 4. The summed E-state index contributed by atoms with van der Waals surface area (Å²) in [6.45, 7) is 0.290. The number of benzene rings is 3. The topological polar surface area (TPSA) is 143 Å². The van der Waals surface area contributed by atoms with Crippen molar-refractivity contribution in [3.05, 3.63) is 95.6 Å². The number of rotatable bonds is 16. The average Bonchev–Trinajstić information content (AvgIpc) is 3.00. The molecule has 222 valence electrons. The number of amides is 3. The number of ether oxygens (including phenoxy) is 2. The van der Waals surface area contributed by atoms with Crippen molar-refractivity contribution in [3.8, 4) is 5.75 Å². The Kier molecular flexibility index (Phi) is 12.9. The molecule has 0 fully saturated rings. The molecule has 0 aromatic heterocycles. The molecule has 3 aromatic carbocycles. The zero-order valence-corrected chi connectivity index (χ0v) is 23.6. The minimum absolute atomic E-state index is 0.176. The molecule has 0 bridgehead atoms. The second-order valence-corrected chi connectivity index (χ2v) is 9.74. The van der Waals surface area contributed by atoms with Gasteiger partial charge in [-0.05, 0) is 66.6 Å². The van der Waals surface area contributed by atoms with Crippen molar-refractivity contribution in [1.29, 1.82) is 0 Å². The van der Waals surface area contributed by atoms with Gasteiger partial charge in [0.05, 0.1) is 20.1 Å². The molecular formula is C32H37N3O7. The first-order valence-electron chi connectivity index (χ1n) is 13.8. The van der Waals surface area contributed by atoms with Gasteiger partial charge in [0.2, 0.25) is 11.8 Å². The van der Waals surface area contributed by atoms with Crippen LogP contribution in [-0.4, -0.2) is 49.2 Å². The summed E-state index contributed by atoms with van der Waals surface area (Å²) in [6, 6.07) is 24.1. The molecule has 0 spiro atoms. The Balaban J connectivity index is 1.33. The molecule has 0 radical (unpaired) electrons. The van der Waals surface area contributed by atoms with Gasteiger partial charge in [-0.15, -0.1) is 0 Å². The van der Waals surface area contributed by atoms with Crippen molar-refractivity contribution in [3.63, 3.8) is 0 Å². The van der Waals surface area contributed by atoms with E-state index in [1.54, 1.807) is 19.2 Å². The van der Waals surface area contributed by atoms with Crippen molar-refractivity contribution < 1.29 is 33.8 Å². The van der Waals surface area contributed by atoms with Crippen LogP contribution in [0.15, 0.2) is 78.9 Å². The Morgan fingerprint density at radius 2 is 1.48 bits per heavy atom. The number of carboxylic acids is 1. The van der Waals surface area contributed by atoms with Crippen LogP contribution in [0.1, 0.15) is 36.0 Å². The number of nitrogens with one attached hydrogen (secondary N) is 3. The maximum Gasteiger partial charge on any atom is 0.411 e. The Morgan fingerprint density at radius 1 is 0.810 bits per heavy atom. The van der Waals surface area contributed by atoms with Crippen LogP contribution in [0.4, 0.5) is 10.5 Å². The van der Waals surface area contributed by atoms with E-state index >= 15 is 0 Å². The molecule has 4 N–H and O–H groups in total. The fourth-order valence-corrected chi connectivity index (χ4v) is 4.23. The smallest absolute Gasteiger partial charge is 0.411 e. The van der Waals surface area contributed by atoms with Crippen LogP contribution in [0.2, 0.25) is 0 Å². The first-order valence-corrected chi connectivity index (χ1v) is 13.8. The summed E-state index contributed by atoms with van der Waals surface area (Å²) in [7, 11) is 1.60. The molecule has 3 amide bonds. The molecule has 0 saturated carbocycles. The molecule has 0 aliphatic carbocycles. The summed E-state index contributed by atoms with van der Waals surface area (Å²) in [5, 5.41) is 17.2. The van der Waals surface area contributed by atoms with Crippen molar-refractivity contribution in [2.24, 2.45) is 5.92 Å². The fourth-order valence-electron chi connectivity index (χ4n) is 4.23. The third-order valence-corrected chi connectivity index (χ3v) is 6.54. The lowest BCUT2D eigenvalue weighted by molar-refractivity contribution is -0.141. The number of carboxylic acid groups (broad SMARTS) is 1. The summed E-state index contributed by atoms with van der Waals surface area (Å²) < 4.78 is 10.4. The maximum atomic E-state index is 12.6. The summed E-state index contributed by atoms with van der Waals surface area (Å²) in [5.74, 6) is -1.85. The van der Waals surface area contributed by atoms with Crippen LogP contribution < -0.4 is 20.7 Å². The van der Waals surface area contributed by atoms with Gasteiger partial charge < -0.3 is 25.2 Å². The molecule has 10 heteroatoms. The van der Waals surface area contributed by atoms with Gasteiger partial charge in [-0.2, -0.15) is 0 Å². The molecule has 0 heterocycles. The third kappa shape index (κ3) is 11.7. The molecule has 0 aliphatic heterocycles. The van der Waals surface area contributed by atoms with Gasteiger partial charge in [-0.25, -0.2) is 4.79 Å².